The molecule has 0 radical (unpaired) electrons. The summed E-state index contributed by atoms with van der Waals surface area (Å²) in [4.78, 5) is 12.8. The van der Waals surface area contributed by atoms with Crippen molar-refractivity contribution in [3.05, 3.63) is 65.5 Å². The normalized spacial score (nSPS) is 13.2. The number of carbonyl (C=O) groups excluding carboxylic acids is 1. The fraction of sp³-hybridized carbons (Fsp3) is 0.444. The van der Waals surface area contributed by atoms with Crippen molar-refractivity contribution in [1.82, 2.24) is 14.8 Å². The van der Waals surface area contributed by atoms with Gasteiger partial charge in [-0.15, -0.1) is 10.2 Å². The van der Waals surface area contributed by atoms with Gasteiger partial charge in [0.25, 0.3) is 0 Å². The van der Waals surface area contributed by atoms with E-state index in [1.807, 2.05) is 57.2 Å². The molecule has 0 aliphatic rings. The van der Waals surface area contributed by atoms with Gasteiger partial charge >= 0.3 is 0 Å². The fourth-order valence-corrected chi connectivity index (χ4v) is 4.44. The van der Waals surface area contributed by atoms with E-state index in [1.165, 1.54) is 17.3 Å². The number of nitrogens with one attached hydrogen (secondary N) is 1. The van der Waals surface area contributed by atoms with Gasteiger partial charge in [-0.05, 0) is 61.9 Å². The molecule has 2 unspecified atom stereocenters. The predicted molar refractivity (Wildman–Crippen MR) is 140 cm³/mol. The molecule has 1 N–H and O–H groups in total. The van der Waals surface area contributed by atoms with E-state index in [-0.39, 0.29) is 17.3 Å². The van der Waals surface area contributed by atoms with E-state index < -0.39 is 0 Å². The van der Waals surface area contributed by atoms with Crippen molar-refractivity contribution in [2.45, 2.75) is 77.4 Å². The maximum Gasteiger partial charge on any atom is 0.237 e. The third kappa shape index (κ3) is 6.63. The molecule has 0 spiro atoms. The first kappa shape index (κ1) is 25.8. The van der Waals surface area contributed by atoms with Crippen LogP contribution in [0.4, 0.5) is 5.69 Å². The molecule has 3 rings (SSSR count). The summed E-state index contributed by atoms with van der Waals surface area (Å²) in [7, 11) is 0. The number of hydrogen-bond acceptors (Lipinski definition) is 5. The van der Waals surface area contributed by atoms with Crippen molar-refractivity contribution in [2.24, 2.45) is 5.92 Å². The number of anilines is 1. The van der Waals surface area contributed by atoms with Crippen LogP contribution in [0.25, 0.3) is 0 Å². The highest BCUT2D eigenvalue weighted by Gasteiger charge is 2.24. The minimum Gasteiger partial charge on any atom is -0.483 e. The number of nitrogens with zero attached hydrogens (tertiary/aromatic N) is 3. The van der Waals surface area contributed by atoms with Crippen molar-refractivity contribution >= 4 is 23.4 Å². The van der Waals surface area contributed by atoms with E-state index in [0.29, 0.717) is 11.8 Å². The zero-order valence-corrected chi connectivity index (χ0v) is 22.0. The molecule has 0 bridgehead atoms. The lowest BCUT2D eigenvalue weighted by Gasteiger charge is -2.19. The summed E-state index contributed by atoms with van der Waals surface area (Å²) >= 11 is 1.42. The van der Waals surface area contributed by atoms with Gasteiger partial charge in [-0.2, -0.15) is 0 Å². The van der Waals surface area contributed by atoms with Crippen LogP contribution in [0.2, 0.25) is 0 Å². The smallest absolute Gasteiger partial charge is 0.237 e. The van der Waals surface area contributed by atoms with E-state index in [2.05, 4.69) is 59.9 Å². The first-order valence-electron chi connectivity index (χ1n) is 11.9. The maximum absolute atomic E-state index is 12.8. The molecule has 6 nitrogen and oxygen atoms in total. The van der Waals surface area contributed by atoms with Crippen LogP contribution in [-0.2, 0) is 11.3 Å². The fourth-order valence-electron chi connectivity index (χ4n) is 3.57. The van der Waals surface area contributed by atoms with Gasteiger partial charge in [-0.25, -0.2) is 0 Å². The zero-order chi connectivity index (χ0) is 24.8. The monoisotopic (exact) mass is 480 g/mol. The largest absolute Gasteiger partial charge is 0.483 e. The second kappa shape index (κ2) is 11.6. The molecule has 0 saturated carbocycles. The number of aryl methyl sites for hydroxylation is 1. The number of benzene rings is 2. The lowest BCUT2D eigenvalue weighted by atomic mass is 10.0. The average molecular weight is 481 g/mol. The van der Waals surface area contributed by atoms with Crippen LogP contribution in [0.5, 0.6) is 5.75 Å². The number of rotatable bonds is 10. The second-order valence-corrected chi connectivity index (χ2v) is 10.7. The topological polar surface area (TPSA) is 69.0 Å². The highest BCUT2D eigenvalue weighted by molar-refractivity contribution is 8.00. The molecule has 182 valence electrons. The first-order chi connectivity index (χ1) is 16.2. The summed E-state index contributed by atoms with van der Waals surface area (Å²) in [5.74, 6) is 2.37. The first-order valence-corrected chi connectivity index (χ1v) is 12.8. The van der Waals surface area contributed by atoms with Crippen LogP contribution < -0.4 is 10.1 Å². The molecule has 3 aromatic rings. The van der Waals surface area contributed by atoms with Gasteiger partial charge in [0, 0.05) is 12.2 Å². The van der Waals surface area contributed by atoms with E-state index >= 15 is 0 Å². The van der Waals surface area contributed by atoms with E-state index in [4.69, 9.17) is 4.74 Å². The van der Waals surface area contributed by atoms with E-state index in [1.54, 1.807) is 0 Å². The van der Waals surface area contributed by atoms with Crippen molar-refractivity contribution in [3.8, 4) is 5.75 Å². The van der Waals surface area contributed by atoms with Crippen LogP contribution in [0.3, 0.4) is 0 Å². The van der Waals surface area contributed by atoms with Crippen LogP contribution in [-0.4, -0.2) is 25.9 Å². The standard InChI is InChI=1S/C27H36N4O2S/c1-17(2)16-31-25(20(6)33-23-14-12-22(13-15-23)18(3)4)29-30-27(31)34-21(7)26(32)28-24-11-9-8-10-19(24)5/h8-15,17-18,20-21H,16H2,1-7H3,(H,28,32). The Hall–Kier alpha value is -2.80. The van der Waals surface area contributed by atoms with Crippen molar-refractivity contribution in [2.75, 3.05) is 5.32 Å². The van der Waals surface area contributed by atoms with Crippen molar-refractivity contribution < 1.29 is 9.53 Å². The molecule has 1 amide bonds. The molecule has 0 aliphatic heterocycles. The predicted octanol–water partition coefficient (Wildman–Crippen LogP) is 6.63. The molecule has 1 heterocycles. The third-order valence-corrected chi connectivity index (χ3v) is 6.65. The summed E-state index contributed by atoms with van der Waals surface area (Å²) in [5, 5.41) is 12.3. The minimum atomic E-state index is -0.331. The number of hydrogen-bond donors (Lipinski definition) is 1. The molecule has 7 heteroatoms. The zero-order valence-electron chi connectivity index (χ0n) is 21.2. The molecule has 1 aromatic heterocycles. The number of aromatic nitrogens is 3. The van der Waals surface area contributed by atoms with Gasteiger partial charge < -0.3 is 14.6 Å². The van der Waals surface area contributed by atoms with Gasteiger partial charge in [-0.1, -0.05) is 69.8 Å². The number of amides is 1. The Morgan fingerprint density at radius 1 is 1.00 bits per heavy atom. The van der Waals surface area contributed by atoms with Gasteiger partial charge in [0.2, 0.25) is 5.91 Å². The molecule has 0 fully saturated rings. The summed E-state index contributed by atoms with van der Waals surface area (Å²) in [6.07, 6.45) is -0.276. The Morgan fingerprint density at radius 3 is 2.29 bits per heavy atom. The summed E-state index contributed by atoms with van der Waals surface area (Å²) in [6.45, 7) is 15.3. The highest BCUT2D eigenvalue weighted by atomic mass is 32.2. The van der Waals surface area contributed by atoms with Crippen LogP contribution in [0, 0.1) is 12.8 Å². The third-order valence-electron chi connectivity index (χ3n) is 5.57. The Kier molecular flexibility index (Phi) is 8.78. The number of para-hydroxylation sites is 1. The molecular weight excluding hydrogens is 444 g/mol. The summed E-state index contributed by atoms with van der Waals surface area (Å²) in [6, 6.07) is 16.0. The Morgan fingerprint density at radius 2 is 1.68 bits per heavy atom. The lowest BCUT2D eigenvalue weighted by molar-refractivity contribution is -0.115. The van der Waals surface area contributed by atoms with Gasteiger partial charge in [0.05, 0.1) is 5.25 Å². The maximum atomic E-state index is 12.8. The molecule has 2 aromatic carbocycles. The number of carbonyl (C=O) groups is 1. The number of ether oxygens (including phenoxy) is 1. The second-order valence-electron chi connectivity index (χ2n) is 9.39. The van der Waals surface area contributed by atoms with Crippen LogP contribution in [0.1, 0.15) is 70.5 Å². The molecule has 0 saturated heterocycles. The Balaban J connectivity index is 1.74. The number of thioether (sulfide) groups is 1. The molecule has 0 aliphatic carbocycles. The van der Waals surface area contributed by atoms with Crippen LogP contribution >= 0.6 is 11.8 Å². The lowest BCUT2D eigenvalue weighted by Crippen LogP contribution is -2.23. The van der Waals surface area contributed by atoms with Gasteiger partial charge in [0.15, 0.2) is 17.1 Å². The highest BCUT2D eigenvalue weighted by Crippen LogP contribution is 2.29. The van der Waals surface area contributed by atoms with Gasteiger partial charge in [-0.3, -0.25) is 4.79 Å². The summed E-state index contributed by atoms with van der Waals surface area (Å²) in [5.41, 5.74) is 3.14. The van der Waals surface area contributed by atoms with E-state index in [0.717, 1.165) is 34.5 Å². The molecule has 34 heavy (non-hydrogen) atoms. The van der Waals surface area contributed by atoms with Gasteiger partial charge in [0.1, 0.15) is 5.75 Å². The Bertz CT molecular complexity index is 1090. The average Bonchev–Trinajstić information content (AvgIpc) is 3.17. The summed E-state index contributed by atoms with van der Waals surface area (Å²) < 4.78 is 8.29. The minimum absolute atomic E-state index is 0.0607. The molecular formula is C27H36N4O2S. The SMILES string of the molecule is Cc1ccccc1NC(=O)C(C)Sc1nnc(C(C)Oc2ccc(C(C)C)cc2)n1CC(C)C. The molecule has 2 atom stereocenters. The van der Waals surface area contributed by atoms with Crippen LogP contribution in [0.15, 0.2) is 53.7 Å². The van der Waals surface area contributed by atoms with Crippen molar-refractivity contribution in [3.63, 3.8) is 0 Å². The van der Waals surface area contributed by atoms with E-state index in [9.17, 15) is 4.79 Å². The Labute approximate surface area is 207 Å². The quantitative estimate of drug-likeness (QED) is 0.330. The van der Waals surface area contributed by atoms with Crippen molar-refractivity contribution in [1.29, 1.82) is 0 Å².